The third kappa shape index (κ3) is 2.99. The van der Waals surface area contributed by atoms with Gasteiger partial charge in [-0.1, -0.05) is 0 Å². The Hall–Kier alpha value is -0.471. The molecule has 15 heavy (non-hydrogen) atoms. The van der Waals surface area contributed by atoms with Gasteiger partial charge in [0, 0.05) is 0 Å². The Morgan fingerprint density at radius 2 is 1.40 bits per heavy atom. The molecule has 0 aliphatic carbocycles. The van der Waals surface area contributed by atoms with Crippen molar-refractivity contribution in [3.63, 3.8) is 0 Å². The molecule has 0 fully saturated rings. The van der Waals surface area contributed by atoms with Crippen molar-refractivity contribution in [3.05, 3.63) is 29.3 Å². The van der Waals surface area contributed by atoms with Crippen LogP contribution in [0.5, 0.6) is 0 Å². The second-order valence-corrected chi connectivity index (χ2v) is 6.34. The van der Waals surface area contributed by atoms with Crippen LogP contribution in [0.2, 0.25) is 0 Å². The van der Waals surface area contributed by atoms with E-state index < -0.39 is 52.2 Å². The first-order valence-electron chi connectivity index (χ1n) is 3.40. The molecule has 0 aliphatic rings. The molecular formula is C7HF7Sn. The third-order valence-electron chi connectivity index (χ3n) is 1.38. The van der Waals surface area contributed by atoms with Gasteiger partial charge in [0.25, 0.3) is 0 Å². The Bertz CT molecular complexity index is 384. The average molecular weight is 337 g/mol. The Kier molecular flexibility index (Phi) is 3.51. The van der Waals surface area contributed by atoms with Gasteiger partial charge in [0.05, 0.1) is 0 Å². The van der Waals surface area contributed by atoms with Crippen LogP contribution in [0.25, 0.3) is 0 Å². The number of rotatable bonds is 1. The molecule has 1 aromatic carbocycles. The zero-order valence-electron chi connectivity index (χ0n) is 6.72. The molecule has 0 aliphatic heterocycles. The van der Waals surface area contributed by atoms with Gasteiger partial charge in [0.1, 0.15) is 0 Å². The Morgan fingerprint density at radius 3 is 1.87 bits per heavy atom. The van der Waals surface area contributed by atoms with E-state index in [9.17, 15) is 30.7 Å². The molecular weight excluding hydrogens is 336 g/mol. The fraction of sp³-hybridized carbons (Fsp3) is 0.143. The second-order valence-electron chi connectivity index (χ2n) is 2.47. The molecule has 1 aromatic rings. The normalized spacial score (nSPS) is 11.9. The van der Waals surface area contributed by atoms with Crippen LogP contribution in [-0.4, -0.2) is 25.3 Å². The minimum absolute atomic E-state index is 0.0629. The fourth-order valence-corrected chi connectivity index (χ4v) is 2.88. The monoisotopic (exact) mass is 338 g/mol. The van der Waals surface area contributed by atoms with Crippen LogP contribution < -0.4 is 3.58 Å². The van der Waals surface area contributed by atoms with Gasteiger partial charge in [-0.15, -0.1) is 0 Å². The Balaban J connectivity index is 3.21. The number of hydrogen-bond donors (Lipinski definition) is 0. The maximum atomic E-state index is 12.7. The SMILES string of the molecule is Fc1c[c]([Sn][C](F)(F)F)c(F)c(F)c1F. The van der Waals surface area contributed by atoms with Crippen molar-refractivity contribution in [3.8, 4) is 0 Å². The molecule has 0 nitrogen and oxygen atoms in total. The molecule has 82 valence electrons. The Morgan fingerprint density at radius 1 is 0.867 bits per heavy atom. The fourth-order valence-electron chi connectivity index (χ4n) is 0.817. The van der Waals surface area contributed by atoms with E-state index >= 15 is 0 Å². The molecule has 0 unspecified atom stereocenters. The van der Waals surface area contributed by atoms with Gasteiger partial charge >= 0.3 is 89.0 Å². The number of alkyl halides is 3. The molecule has 1 rings (SSSR count). The summed E-state index contributed by atoms with van der Waals surface area (Å²) in [7, 11) is 0. The molecule has 0 amide bonds. The van der Waals surface area contributed by atoms with Crippen LogP contribution in [0.4, 0.5) is 30.7 Å². The summed E-state index contributed by atoms with van der Waals surface area (Å²) >= 11 is -3.48. The molecule has 0 saturated carbocycles. The van der Waals surface area contributed by atoms with Gasteiger partial charge < -0.3 is 0 Å². The predicted octanol–water partition coefficient (Wildman–Crippen LogP) is 2.09. The van der Waals surface area contributed by atoms with E-state index in [1.54, 1.807) is 0 Å². The van der Waals surface area contributed by atoms with Gasteiger partial charge in [-0.3, -0.25) is 0 Å². The molecule has 2 radical (unpaired) electrons. The second kappa shape index (κ2) is 4.18. The first-order chi connectivity index (χ1) is 6.72. The molecule has 0 saturated heterocycles. The summed E-state index contributed by atoms with van der Waals surface area (Å²) < 4.78 is 79.9. The van der Waals surface area contributed by atoms with E-state index in [0.29, 0.717) is 0 Å². The van der Waals surface area contributed by atoms with Crippen molar-refractivity contribution in [1.29, 1.82) is 0 Å². The zero-order valence-corrected chi connectivity index (χ0v) is 9.58. The van der Waals surface area contributed by atoms with Crippen LogP contribution in [0.15, 0.2) is 6.07 Å². The van der Waals surface area contributed by atoms with Crippen LogP contribution in [-0.2, 0) is 0 Å². The first kappa shape index (κ1) is 12.6. The topological polar surface area (TPSA) is 0 Å². The standard InChI is InChI=1S/C6HF4.CF3.Sn/c7-3-1-2-4(8)6(10)5(3)9;2-1(3)4;/h1H;;. The van der Waals surface area contributed by atoms with E-state index in [2.05, 4.69) is 0 Å². The van der Waals surface area contributed by atoms with Gasteiger partial charge in [-0.05, 0) is 0 Å². The molecule has 0 heterocycles. The summed E-state index contributed by atoms with van der Waals surface area (Å²) in [6.07, 6.45) is 0. The van der Waals surface area contributed by atoms with Crippen molar-refractivity contribution >= 4 is 24.7 Å². The van der Waals surface area contributed by atoms with E-state index in [-0.39, 0.29) is 6.07 Å². The van der Waals surface area contributed by atoms with Crippen LogP contribution >= 0.6 is 0 Å². The zero-order chi connectivity index (χ0) is 11.8. The summed E-state index contributed by atoms with van der Waals surface area (Å²) in [5, 5.41) is 0. The quantitative estimate of drug-likeness (QED) is 0.319. The van der Waals surface area contributed by atoms with E-state index in [0.717, 1.165) is 0 Å². The van der Waals surface area contributed by atoms with Crippen molar-refractivity contribution in [2.75, 3.05) is 0 Å². The minimum atomic E-state index is -4.65. The van der Waals surface area contributed by atoms with Crippen molar-refractivity contribution < 1.29 is 30.7 Å². The predicted molar refractivity (Wildman–Crippen MR) is 37.7 cm³/mol. The van der Waals surface area contributed by atoms with Crippen LogP contribution in [0, 0.1) is 23.3 Å². The summed E-state index contributed by atoms with van der Waals surface area (Å²) in [5.41, 5.74) is 0. The molecule has 0 atom stereocenters. The number of hydrogen-bond acceptors (Lipinski definition) is 0. The van der Waals surface area contributed by atoms with E-state index in [1.807, 2.05) is 0 Å². The first-order valence-corrected chi connectivity index (χ1v) is 6.25. The third-order valence-corrected chi connectivity index (χ3v) is 4.00. The summed E-state index contributed by atoms with van der Waals surface area (Å²) in [4.78, 5) is 0. The molecule has 0 N–H and O–H groups in total. The average Bonchev–Trinajstić information content (AvgIpc) is 2.08. The summed E-state index contributed by atoms with van der Waals surface area (Å²) in [5.74, 6) is -8.06. The molecule has 0 aromatic heterocycles. The van der Waals surface area contributed by atoms with Crippen molar-refractivity contribution in [2.45, 2.75) is 4.19 Å². The maximum absolute atomic E-state index is 12.7. The summed E-state index contributed by atoms with van der Waals surface area (Å²) in [6, 6.07) is 0.0629. The van der Waals surface area contributed by atoms with Gasteiger partial charge in [0.15, 0.2) is 0 Å². The molecule has 0 bridgehead atoms. The molecule has 8 heteroatoms. The number of halogens is 7. The summed E-state index contributed by atoms with van der Waals surface area (Å²) in [6.45, 7) is 0. The van der Waals surface area contributed by atoms with E-state index in [4.69, 9.17) is 0 Å². The van der Waals surface area contributed by atoms with Crippen LogP contribution in [0.1, 0.15) is 0 Å². The molecule has 0 spiro atoms. The van der Waals surface area contributed by atoms with Crippen molar-refractivity contribution in [2.24, 2.45) is 0 Å². The van der Waals surface area contributed by atoms with Gasteiger partial charge in [-0.25, -0.2) is 0 Å². The van der Waals surface area contributed by atoms with E-state index in [1.165, 1.54) is 0 Å². The van der Waals surface area contributed by atoms with Gasteiger partial charge in [0.2, 0.25) is 0 Å². The van der Waals surface area contributed by atoms with Crippen molar-refractivity contribution in [1.82, 2.24) is 0 Å². The van der Waals surface area contributed by atoms with Gasteiger partial charge in [-0.2, -0.15) is 0 Å². The Labute approximate surface area is 89.3 Å². The number of benzene rings is 1. The van der Waals surface area contributed by atoms with Crippen LogP contribution in [0.3, 0.4) is 0 Å².